The van der Waals surface area contributed by atoms with Crippen LogP contribution in [0.4, 0.5) is 0 Å². The molecule has 2 N–H and O–H groups in total. The van der Waals surface area contributed by atoms with Gasteiger partial charge < -0.3 is 0 Å². The third kappa shape index (κ3) is 6.01. The maximum atomic E-state index is 12.4. The SMILES string of the molecule is O=C(/C=C/c1cnn(-c2ccccc2)c1)NNC(=O)c1ccc(Cn2nnc(-c3ccccc3)n2)cc1. The molecule has 0 aliphatic heterocycles. The number of hydrazine groups is 1. The Morgan fingerprint density at radius 1 is 0.865 bits per heavy atom. The van der Waals surface area contributed by atoms with Gasteiger partial charge in [0.15, 0.2) is 0 Å². The summed E-state index contributed by atoms with van der Waals surface area (Å²) in [5.41, 5.74) is 8.63. The molecule has 2 heterocycles. The minimum absolute atomic E-state index is 0.397. The highest BCUT2D eigenvalue weighted by Gasteiger charge is 2.09. The summed E-state index contributed by atoms with van der Waals surface area (Å²) in [5.74, 6) is -0.356. The summed E-state index contributed by atoms with van der Waals surface area (Å²) in [6.45, 7) is 0.407. The second-order valence-corrected chi connectivity index (χ2v) is 8.04. The van der Waals surface area contributed by atoms with E-state index in [0.717, 1.165) is 22.4 Å². The van der Waals surface area contributed by atoms with Crippen molar-refractivity contribution in [2.75, 3.05) is 0 Å². The molecule has 2 amide bonds. The van der Waals surface area contributed by atoms with Crippen molar-refractivity contribution in [1.82, 2.24) is 40.8 Å². The molecule has 0 fully saturated rings. The first-order chi connectivity index (χ1) is 18.1. The van der Waals surface area contributed by atoms with Gasteiger partial charge in [0.2, 0.25) is 5.82 Å². The lowest BCUT2D eigenvalue weighted by Gasteiger charge is -2.06. The third-order valence-electron chi connectivity index (χ3n) is 5.37. The Balaban J connectivity index is 1.11. The summed E-state index contributed by atoms with van der Waals surface area (Å²) in [6.07, 6.45) is 6.39. The van der Waals surface area contributed by atoms with E-state index in [4.69, 9.17) is 0 Å². The number of tetrazole rings is 1. The smallest absolute Gasteiger partial charge is 0.268 e. The number of hydrogen-bond acceptors (Lipinski definition) is 6. The van der Waals surface area contributed by atoms with Crippen molar-refractivity contribution in [2.45, 2.75) is 6.54 Å². The van der Waals surface area contributed by atoms with Crippen molar-refractivity contribution >= 4 is 17.9 Å². The molecule has 182 valence electrons. The number of nitrogens with one attached hydrogen (secondary N) is 2. The molecule has 37 heavy (non-hydrogen) atoms. The molecule has 0 unspecified atom stereocenters. The second-order valence-electron chi connectivity index (χ2n) is 8.04. The fraction of sp³-hybridized carbons (Fsp3) is 0.0370. The predicted molar refractivity (Wildman–Crippen MR) is 137 cm³/mol. The van der Waals surface area contributed by atoms with Crippen LogP contribution in [0.15, 0.2) is 103 Å². The lowest BCUT2D eigenvalue weighted by molar-refractivity contribution is -0.117. The van der Waals surface area contributed by atoms with Crippen molar-refractivity contribution < 1.29 is 9.59 Å². The molecule has 0 saturated heterocycles. The topological polar surface area (TPSA) is 120 Å². The Morgan fingerprint density at radius 2 is 1.59 bits per heavy atom. The number of benzene rings is 3. The van der Waals surface area contributed by atoms with E-state index >= 15 is 0 Å². The molecule has 0 bridgehead atoms. The van der Waals surface area contributed by atoms with Gasteiger partial charge in [-0.1, -0.05) is 60.7 Å². The minimum atomic E-state index is -0.469. The van der Waals surface area contributed by atoms with Crippen LogP contribution in [0.3, 0.4) is 0 Å². The summed E-state index contributed by atoms with van der Waals surface area (Å²) in [4.78, 5) is 26.0. The Morgan fingerprint density at radius 3 is 2.35 bits per heavy atom. The average Bonchev–Trinajstić information content (AvgIpc) is 3.62. The summed E-state index contributed by atoms with van der Waals surface area (Å²) < 4.78 is 1.71. The van der Waals surface area contributed by atoms with E-state index in [1.807, 2.05) is 60.7 Å². The molecule has 5 rings (SSSR count). The molecule has 0 aliphatic rings. The first kappa shape index (κ1) is 23.4. The van der Waals surface area contributed by atoms with Crippen LogP contribution in [-0.2, 0) is 11.3 Å². The highest BCUT2D eigenvalue weighted by atomic mass is 16.2. The van der Waals surface area contributed by atoms with Crippen LogP contribution in [0.1, 0.15) is 21.5 Å². The molecule has 0 aliphatic carbocycles. The fourth-order valence-corrected chi connectivity index (χ4v) is 3.49. The van der Waals surface area contributed by atoms with E-state index in [1.54, 1.807) is 47.4 Å². The van der Waals surface area contributed by atoms with E-state index < -0.39 is 11.8 Å². The number of carbonyl (C=O) groups is 2. The maximum Gasteiger partial charge on any atom is 0.269 e. The highest BCUT2D eigenvalue weighted by molar-refractivity contribution is 5.97. The van der Waals surface area contributed by atoms with Crippen LogP contribution in [-0.4, -0.2) is 41.8 Å². The van der Waals surface area contributed by atoms with Gasteiger partial charge in [0.1, 0.15) is 0 Å². The number of nitrogens with zero attached hydrogens (tertiary/aromatic N) is 6. The number of amides is 2. The molecule has 3 aromatic carbocycles. The minimum Gasteiger partial charge on any atom is -0.268 e. The summed E-state index contributed by atoms with van der Waals surface area (Å²) in [7, 11) is 0. The van der Waals surface area contributed by atoms with E-state index in [-0.39, 0.29) is 0 Å². The number of carbonyl (C=O) groups excluding carboxylic acids is 2. The molecule has 10 heteroatoms. The first-order valence-electron chi connectivity index (χ1n) is 11.4. The van der Waals surface area contributed by atoms with E-state index in [2.05, 4.69) is 31.4 Å². The van der Waals surface area contributed by atoms with Gasteiger partial charge >= 0.3 is 0 Å². The van der Waals surface area contributed by atoms with Crippen LogP contribution in [0, 0.1) is 0 Å². The molecule has 0 spiro atoms. The van der Waals surface area contributed by atoms with Crippen LogP contribution in [0.2, 0.25) is 0 Å². The van der Waals surface area contributed by atoms with Crippen LogP contribution < -0.4 is 10.9 Å². The second kappa shape index (κ2) is 10.9. The van der Waals surface area contributed by atoms with Crippen molar-refractivity contribution in [3.05, 3.63) is 120 Å². The summed E-state index contributed by atoms with van der Waals surface area (Å²) in [5, 5.41) is 16.8. The van der Waals surface area contributed by atoms with Crippen LogP contribution in [0.5, 0.6) is 0 Å². The van der Waals surface area contributed by atoms with Gasteiger partial charge in [-0.15, -0.1) is 10.2 Å². The number of hydrogen-bond donors (Lipinski definition) is 2. The zero-order chi connectivity index (χ0) is 25.5. The van der Waals surface area contributed by atoms with Gasteiger partial charge in [0, 0.05) is 29.0 Å². The Hall–Kier alpha value is -5.38. The van der Waals surface area contributed by atoms with Crippen LogP contribution >= 0.6 is 0 Å². The molecule has 10 nitrogen and oxygen atoms in total. The predicted octanol–water partition coefficient (Wildman–Crippen LogP) is 3.05. The van der Waals surface area contributed by atoms with E-state index in [9.17, 15) is 9.59 Å². The van der Waals surface area contributed by atoms with E-state index in [1.165, 1.54) is 10.9 Å². The Kier molecular flexibility index (Phi) is 6.89. The largest absolute Gasteiger partial charge is 0.269 e. The van der Waals surface area contributed by atoms with Crippen molar-refractivity contribution in [3.8, 4) is 17.1 Å². The standard InChI is InChI=1S/C27H22N8O2/c36-25(16-13-21-17-28-34(18-21)24-9-5-2-6-10-24)29-31-27(37)23-14-11-20(12-15-23)19-35-32-26(30-33-35)22-7-3-1-4-8-22/h1-18H,19H2,(H,29,36)(H,31,37)/b16-13+. The van der Waals surface area contributed by atoms with Gasteiger partial charge in [-0.05, 0) is 41.1 Å². The number of para-hydroxylation sites is 1. The average molecular weight is 491 g/mol. The molecule has 5 aromatic rings. The zero-order valence-corrected chi connectivity index (χ0v) is 19.6. The molecule has 2 aromatic heterocycles. The Bertz CT molecular complexity index is 1520. The van der Waals surface area contributed by atoms with Crippen molar-refractivity contribution in [3.63, 3.8) is 0 Å². The van der Waals surface area contributed by atoms with Gasteiger partial charge in [-0.3, -0.25) is 20.4 Å². The molecule has 0 atom stereocenters. The van der Waals surface area contributed by atoms with Gasteiger partial charge in [0.05, 0.1) is 18.4 Å². The molecule has 0 radical (unpaired) electrons. The number of rotatable bonds is 7. The lowest BCUT2D eigenvalue weighted by Crippen LogP contribution is -2.40. The lowest BCUT2D eigenvalue weighted by atomic mass is 10.1. The third-order valence-corrected chi connectivity index (χ3v) is 5.37. The highest BCUT2D eigenvalue weighted by Crippen LogP contribution is 2.13. The zero-order valence-electron chi connectivity index (χ0n) is 19.6. The molecular weight excluding hydrogens is 468 g/mol. The summed E-state index contributed by atoms with van der Waals surface area (Å²) >= 11 is 0. The van der Waals surface area contributed by atoms with Crippen LogP contribution in [0.25, 0.3) is 23.2 Å². The quantitative estimate of drug-likeness (QED) is 0.267. The van der Waals surface area contributed by atoms with Crippen molar-refractivity contribution in [2.24, 2.45) is 0 Å². The van der Waals surface area contributed by atoms with Gasteiger partial charge in [0.25, 0.3) is 11.8 Å². The monoisotopic (exact) mass is 490 g/mol. The first-order valence-corrected chi connectivity index (χ1v) is 11.4. The Labute approximate surface area is 212 Å². The van der Waals surface area contributed by atoms with Gasteiger partial charge in [-0.2, -0.15) is 9.90 Å². The fourth-order valence-electron chi connectivity index (χ4n) is 3.49. The molecular formula is C27H22N8O2. The number of aromatic nitrogens is 6. The normalized spacial score (nSPS) is 10.9. The molecule has 0 saturated carbocycles. The van der Waals surface area contributed by atoms with E-state index in [0.29, 0.717) is 17.9 Å². The van der Waals surface area contributed by atoms with Gasteiger partial charge in [-0.25, -0.2) is 4.68 Å². The van der Waals surface area contributed by atoms with Crippen molar-refractivity contribution in [1.29, 1.82) is 0 Å². The summed E-state index contributed by atoms with van der Waals surface area (Å²) in [6, 6.07) is 26.2. The maximum absolute atomic E-state index is 12.4.